The Balaban J connectivity index is 2.54. The van der Waals surface area contributed by atoms with Crippen LogP contribution in [0.2, 0.25) is 0 Å². The van der Waals surface area contributed by atoms with Gasteiger partial charge in [-0.1, -0.05) is 51.2 Å². The number of ether oxygens (including phenoxy) is 2. The Kier molecular flexibility index (Phi) is 10.4. The Morgan fingerprint density at radius 2 is 1.58 bits per heavy atom. The van der Waals surface area contributed by atoms with Crippen molar-refractivity contribution in [3.8, 4) is 0 Å². The van der Waals surface area contributed by atoms with Crippen LogP contribution < -0.4 is 4.90 Å². The molecule has 0 bridgehead atoms. The van der Waals surface area contributed by atoms with Gasteiger partial charge in [-0.15, -0.1) is 0 Å². The molecule has 0 spiro atoms. The molecule has 0 saturated carbocycles. The molecular weight excluding hydrogens is 302 g/mol. The summed E-state index contributed by atoms with van der Waals surface area (Å²) in [6, 6.07) is 8.10. The Bertz CT molecular complexity index is 454. The van der Waals surface area contributed by atoms with Crippen LogP contribution in [0.4, 0.5) is 5.69 Å². The van der Waals surface area contributed by atoms with Crippen LogP contribution in [0.25, 0.3) is 0 Å². The molecule has 4 nitrogen and oxygen atoms in total. The highest BCUT2D eigenvalue weighted by Gasteiger charge is 2.12. The molecule has 0 fully saturated rings. The maximum Gasteiger partial charge on any atom is 0.223 e. The Hall–Kier alpha value is -1.39. The predicted molar refractivity (Wildman–Crippen MR) is 99.4 cm³/mol. The highest BCUT2D eigenvalue weighted by Crippen LogP contribution is 2.18. The molecule has 0 N–H and O–H groups in total. The van der Waals surface area contributed by atoms with Crippen LogP contribution in [0.1, 0.15) is 57.9 Å². The number of hydrogen-bond acceptors (Lipinski definition) is 3. The zero-order valence-electron chi connectivity index (χ0n) is 15.7. The molecule has 0 aliphatic rings. The van der Waals surface area contributed by atoms with E-state index in [0.29, 0.717) is 6.42 Å². The van der Waals surface area contributed by atoms with Crippen LogP contribution in [0.15, 0.2) is 24.3 Å². The third-order valence-electron chi connectivity index (χ3n) is 4.29. The number of anilines is 1. The average Bonchev–Trinajstić information content (AvgIpc) is 2.59. The van der Waals surface area contributed by atoms with E-state index in [2.05, 4.69) is 6.92 Å². The SMILES string of the molecule is CCCCCCCCN(C(C)=O)c1ccc(CC(OC)OC)cc1. The van der Waals surface area contributed by atoms with E-state index in [9.17, 15) is 4.79 Å². The van der Waals surface area contributed by atoms with Gasteiger partial charge in [0.05, 0.1) is 0 Å². The topological polar surface area (TPSA) is 38.8 Å². The molecule has 0 unspecified atom stereocenters. The minimum Gasteiger partial charge on any atom is -0.356 e. The Morgan fingerprint density at radius 3 is 2.12 bits per heavy atom. The van der Waals surface area contributed by atoms with Crippen molar-refractivity contribution in [2.24, 2.45) is 0 Å². The van der Waals surface area contributed by atoms with Gasteiger partial charge in [0, 0.05) is 39.8 Å². The summed E-state index contributed by atoms with van der Waals surface area (Å²) in [6.45, 7) is 4.65. The predicted octanol–water partition coefficient (Wildman–Crippen LogP) is 4.56. The van der Waals surface area contributed by atoms with Crippen molar-refractivity contribution >= 4 is 11.6 Å². The zero-order chi connectivity index (χ0) is 17.8. The molecule has 1 aromatic rings. The second-order valence-electron chi connectivity index (χ2n) is 6.21. The second kappa shape index (κ2) is 12.0. The minimum absolute atomic E-state index is 0.1000. The molecule has 1 amide bonds. The zero-order valence-corrected chi connectivity index (χ0v) is 15.7. The highest BCUT2D eigenvalue weighted by atomic mass is 16.7. The van der Waals surface area contributed by atoms with Crippen LogP contribution in [0, 0.1) is 0 Å². The van der Waals surface area contributed by atoms with Crippen LogP contribution in [0.5, 0.6) is 0 Å². The number of unbranched alkanes of at least 4 members (excludes halogenated alkanes) is 5. The first kappa shape index (κ1) is 20.7. The molecule has 4 heteroatoms. The molecule has 1 aromatic carbocycles. The maximum atomic E-state index is 12.0. The molecule has 0 aliphatic heterocycles. The van der Waals surface area contributed by atoms with Crippen molar-refractivity contribution in [3.63, 3.8) is 0 Å². The van der Waals surface area contributed by atoms with Gasteiger partial charge in [-0.3, -0.25) is 4.79 Å². The van der Waals surface area contributed by atoms with Crippen molar-refractivity contribution in [2.45, 2.75) is 65.1 Å². The van der Waals surface area contributed by atoms with E-state index >= 15 is 0 Å². The van der Waals surface area contributed by atoms with Crippen LogP contribution in [-0.4, -0.2) is 33.0 Å². The molecule has 1 rings (SSSR count). The molecule has 0 radical (unpaired) electrons. The lowest BCUT2D eigenvalue weighted by Crippen LogP contribution is -2.29. The summed E-state index contributed by atoms with van der Waals surface area (Å²) in [4.78, 5) is 13.8. The minimum atomic E-state index is -0.233. The summed E-state index contributed by atoms with van der Waals surface area (Å²) in [5.74, 6) is 0.1000. The fourth-order valence-corrected chi connectivity index (χ4v) is 2.79. The van der Waals surface area contributed by atoms with E-state index in [1.165, 1.54) is 32.1 Å². The van der Waals surface area contributed by atoms with Crippen molar-refractivity contribution in [1.82, 2.24) is 0 Å². The first-order valence-electron chi connectivity index (χ1n) is 9.05. The van der Waals surface area contributed by atoms with Gasteiger partial charge in [0.1, 0.15) is 0 Å². The van der Waals surface area contributed by atoms with Gasteiger partial charge >= 0.3 is 0 Å². The molecule has 0 saturated heterocycles. The average molecular weight is 335 g/mol. The molecular formula is C20H33NO3. The van der Waals surface area contributed by atoms with Crippen molar-refractivity contribution < 1.29 is 14.3 Å². The van der Waals surface area contributed by atoms with E-state index < -0.39 is 0 Å². The standard InChI is InChI=1S/C20H33NO3/c1-5-6-7-8-9-10-15-21(17(2)22)19-13-11-18(12-14-19)16-20(23-3)24-4/h11-14,20H,5-10,15-16H2,1-4H3. The van der Waals surface area contributed by atoms with E-state index in [-0.39, 0.29) is 12.2 Å². The van der Waals surface area contributed by atoms with E-state index in [1.54, 1.807) is 21.1 Å². The Morgan fingerprint density at radius 1 is 1.00 bits per heavy atom. The number of rotatable bonds is 12. The Labute approximate surface area is 147 Å². The van der Waals surface area contributed by atoms with Crippen LogP contribution in [-0.2, 0) is 20.7 Å². The van der Waals surface area contributed by atoms with E-state index in [4.69, 9.17) is 9.47 Å². The van der Waals surface area contributed by atoms with Gasteiger partial charge in [-0.25, -0.2) is 0 Å². The van der Waals surface area contributed by atoms with Gasteiger partial charge in [-0.2, -0.15) is 0 Å². The fourth-order valence-electron chi connectivity index (χ4n) is 2.79. The smallest absolute Gasteiger partial charge is 0.223 e. The monoisotopic (exact) mass is 335 g/mol. The molecule has 0 aliphatic carbocycles. The van der Waals surface area contributed by atoms with Crippen LogP contribution >= 0.6 is 0 Å². The van der Waals surface area contributed by atoms with Crippen LogP contribution in [0.3, 0.4) is 0 Å². The van der Waals surface area contributed by atoms with E-state index in [1.807, 2.05) is 29.2 Å². The molecule has 24 heavy (non-hydrogen) atoms. The number of amides is 1. The first-order valence-corrected chi connectivity index (χ1v) is 9.05. The fraction of sp³-hybridized carbons (Fsp3) is 0.650. The summed E-state index contributed by atoms with van der Waals surface area (Å²) < 4.78 is 10.5. The normalized spacial score (nSPS) is 11.0. The maximum absolute atomic E-state index is 12.0. The third-order valence-corrected chi connectivity index (χ3v) is 4.29. The van der Waals surface area contributed by atoms with Crippen molar-refractivity contribution in [3.05, 3.63) is 29.8 Å². The second-order valence-corrected chi connectivity index (χ2v) is 6.21. The number of hydrogen-bond donors (Lipinski definition) is 0. The van der Waals surface area contributed by atoms with Gasteiger partial charge in [0.15, 0.2) is 6.29 Å². The number of carbonyl (C=O) groups is 1. The van der Waals surface area contributed by atoms with Crippen molar-refractivity contribution in [1.29, 1.82) is 0 Å². The van der Waals surface area contributed by atoms with Gasteiger partial charge < -0.3 is 14.4 Å². The lowest BCUT2D eigenvalue weighted by atomic mass is 10.1. The molecule has 136 valence electrons. The quantitative estimate of drug-likeness (QED) is 0.415. The summed E-state index contributed by atoms with van der Waals surface area (Å²) >= 11 is 0. The summed E-state index contributed by atoms with van der Waals surface area (Å²) in [5, 5.41) is 0. The van der Waals surface area contributed by atoms with Gasteiger partial charge in [-0.05, 0) is 24.1 Å². The summed E-state index contributed by atoms with van der Waals surface area (Å²) in [7, 11) is 3.28. The molecule has 0 aromatic heterocycles. The first-order chi connectivity index (χ1) is 11.6. The third kappa shape index (κ3) is 7.45. The lowest BCUT2D eigenvalue weighted by Gasteiger charge is -2.22. The van der Waals surface area contributed by atoms with Crippen molar-refractivity contribution in [2.75, 3.05) is 25.7 Å². The molecule has 0 atom stereocenters. The lowest BCUT2D eigenvalue weighted by molar-refractivity contribution is -0.116. The molecule has 0 heterocycles. The highest BCUT2D eigenvalue weighted by molar-refractivity contribution is 5.91. The largest absolute Gasteiger partial charge is 0.356 e. The number of carbonyl (C=O) groups excluding carboxylic acids is 1. The van der Waals surface area contributed by atoms with Gasteiger partial charge in [0.2, 0.25) is 5.91 Å². The summed E-state index contributed by atoms with van der Waals surface area (Å²) in [6.07, 6.45) is 7.83. The number of nitrogens with zero attached hydrogens (tertiary/aromatic N) is 1. The number of benzene rings is 1. The van der Waals surface area contributed by atoms with E-state index in [0.717, 1.165) is 24.2 Å². The number of methoxy groups -OCH3 is 2. The summed E-state index contributed by atoms with van der Waals surface area (Å²) in [5.41, 5.74) is 2.10. The van der Waals surface area contributed by atoms with Gasteiger partial charge in [0.25, 0.3) is 0 Å².